The van der Waals surface area contributed by atoms with Crippen LogP contribution < -0.4 is 19.5 Å². The minimum Gasteiger partial charge on any atom is -0.493 e. The van der Waals surface area contributed by atoms with Gasteiger partial charge in [-0.1, -0.05) is 6.07 Å². The maximum atomic E-state index is 12.6. The van der Waals surface area contributed by atoms with Crippen LogP contribution in [0.3, 0.4) is 0 Å². The fraction of sp³-hybridized carbons (Fsp3) is 0.350. The highest BCUT2D eigenvalue weighted by molar-refractivity contribution is 6.04. The van der Waals surface area contributed by atoms with Gasteiger partial charge in [0, 0.05) is 23.4 Å². The fourth-order valence-electron chi connectivity index (χ4n) is 3.23. The molecule has 5 heteroatoms. The number of benzene rings is 2. The Bertz CT molecular complexity index is 760. The van der Waals surface area contributed by atoms with Gasteiger partial charge in [0.25, 0.3) is 5.91 Å². The molecule has 25 heavy (non-hydrogen) atoms. The molecule has 0 unspecified atom stereocenters. The smallest absolute Gasteiger partial charge is 0.255 e. The van der Waals surface area contributed by atoms with Crippen LogP contribution in [-0.4, -0.2) is 27.2 Å². The van der Waals surface area contributed by atoms with Crippen LogP contribution in [0.15, 0.2) is 30.3 Å². The number of ether oxygens (including phenoxy) is 3. The largest absolute Gasteiger partial charge is 0.493 e. The SMILES string of the molecule is COc1cc(NC(=O)c2ccc3c(c2)CCCC3)cc(OC)c1OC. The van der Waals surface area contributed by atoms with Crippen molar-refractivity contribution >= 4 is 11.6 Å². The summed E-state index contributed by atoms with van der Waals surface area (Å²) in [6.07, 6.45) is 4.56. The van der Waals surface area contributed by atoms with Crippen molar-refractivity contribution in [2.75, 3.05) is 26.6 Å². The van der Waals surface area contributed by atoms with Gasteiger partial charge in [0.2, 0.25) is 5.75 Å². The van der Waals surface area contributed by atoms with Gasteiger partial charge in [-0.15, -0.1) is 0 Å². The number of anilines is 1. The van der Waals surface area contributed by atoms with Gasteiger partial charge in [-0.05, 0) is 48.9 Å². The number of aryl methyl sites for hydroxylation is 2. The number of carbonyl (C=O) groups is 1. The number of nitrogens with one attached hydrogen (secondary N) is 1. The van der Waals surface area contributed by atoms with Crippen LogP contribution >= 0.6 is 0 Å². The molecule has 3 rings (SSSR count). The molecule has 2 aromatic rings. The first-order valence-electron chi connectivity index (χ1n) is 8.39. The normalized spacial score (nSPS) is 12.9. The zero-order chi connectivity index (χ0) is 17.8. The van der Waals surface area contributed by atoms with Crippen LogP contribution in [0, 0.1) is 0 Å². The Balaban J connectivity index is 1.85. The number of methoxy groups -OCH3 is 3. The highest BCUT2D eigenvalue weighted by Crippen LogP contribution is 2.40. The maximum absolute atomic E-state index is 12.6. The van der Waals surface area contributed by atoms with E-state index in [9.17, 15) is 4.79 Å². The average molecular weight is 341 g/mol. The standard InChI is InChI=1S/C20H23NO4/c1-23-17-11-16(12-18(24-2)19(17)25-3)21-20(22)15-9-8-13-6-4-5-7-14(13)10-15/h8-12H,4-7H2,1-3H3,(H,21,22). The number of hydrogen-bond acceptors (Lipinski definition) is 4. The third kappa shape index (κ3) is 3.55. The molecule has 1 N–H and O–H groups in total. The van der Waals surface area contributed by atoms with E-state index < -0.39 is 0 Å². The molecule has 1 aliphatic rings. The molecule has 132 valence electrons. The van der Waals surface area contributed by atoms with Crippen molar-refractivity contribution in [3.05, 3.63) is 47.0 Å². The van der Waals surface area contributed by atoms with E-state index in [-0.39, 0.29) is 5.91 Å². The second-order valence-corrected chi connectivity index (χ2v) is 6.06. The quantitative estimate of drug-likeness (QED) is 0.898. The molecular weight excluding hydrogens is 318 g/mol. The van der Waals surface area contributed by atoms with E-state index in [0.29, 0.717) is 28.5 Å². The van der Waals surface area contributed by atoms with E-state index in [1.54, 1.807) is 33.5 Å². The summed E-state index contributed by atoms with van der Waals surface area (Å²) in [6, 6.07) is 9.40. The zero-order valence-electron chi connectivity index (χ0n) is 14.8. The summed E-state index contributed by atoms with van der Waals surface area (Å²) < 4.78 is 16.0. The van der Waals surface area contributed by atoms with Crippen LogP contribution in [-0.2, 0) is 12.8 Å². The molecule has 0 atom stereocenters. The van der Waals surface area contributed by atoms with Gasteiger partial charge >= 0.3 is 0 Å². The summed E-state index contributed by atoms with van der Waals surface area (Å²) in [5.74, 6) is 1.35. The summed E-state index contributed by atoms with van der Waals surface area (Å²) >= 11 is 0. The van der Waals surface area contributed by atoms with Gasteiger partial charge in [0.15, 0.2) is 11.5 Å². The number of hydrogen-bond donors (Lipinski definition) is 1. The molecule has 0 spiro atoms. The Kier molecular flexibility index (Phi) is 5.12. The van der Waals surface area contributed by atoms with Crippen LogP contribution in [0.5, 0.6) is 17.2 Å². The number of amides is 1. The van der Waals surface area contributed by atoms with Gasteiger partial charge in [0.05, 0.1) is 21.3 Å². The minimum absolute atomic E-state index is 0.150. The van der Waals surface area contributed by atoms with Crippen LogP contribution in [0.2, 0.25) is 0 Å². The highest BCUT2D eigenvalue weighted by Gasteiger charge is 2.16. The number of fused-ring (bicyclic) bond motifs is 1. The Labute approximate surface area is 147 Å². The molecule has 1 amide bonds. The van der Waals surface area contributed by atoms with Gasteiger partial charge in [-0.3, -0.25) is 4.79 Å². The second-order valence-electron chi connectivity index (χ2n) is 6.06. The second kappa shape index (κ2) is 7.47. The Hall–Kier alpha value is -2.69. The van der Waals surface area contributed by atoms with E-state index in [4.69, 9.17) is 14.2 Å². The highest BCUT2D eigenvalue weighted by atomic mass is 16.5. The first-order chi connectivity index (χ1) is 12.2. The van der Waals surface area contributed by atoms with Crippen molar-refractivity contribution in [1.29, 1.82) is 0 Å². The maximum Gasteiger partial charge on any atom is 0.255 e. The van der Waals surface area contributed by atoms with Crippen molar-refractivity contribution < 1.29 is 19.0 Å². The summed E-state index contributed by atoms with van der Waals surface area (Å²) in [5.41, 5.74) is 3.89. The van der Waals surface area contributed by atoms with E-state index in [1.807, 2.05) is 12.1 Å². The zero-order valence-corrected chi connectivity index (χ0v) is 14.8. The molecule has 0 radical (unpaired) electrons. The lowest BCUT2D eigenvalue weighted by Gasteiger charge is -2.17. The molecular formula is C20H23NO4. The van der Waals surface area contributed by atoms with E-state index in [0.717, 1.165) is 12.8 Å². The summed E-state index contributed by atoms with van der Waals surface area (Å²) in [7, 11) is 4.64. The molecule has 0 fully saturated rings. The summed E-state index contributed by atoms with van der Waals surface area (Å²) in [5, 5.41) is 2.91. The molecule has 0 saturated carbocycles. The first-order valence-corrected chi connectivity index (χ1v) is 8.39. The fourth-order valence-corrected chi connectivity index (χ4v) is 3.23. The third-order valence-corrected chi connectivity index (χ3v) is 4.53. The predicted molar refractivity (Wildman–Crippen MR) is 97.1 cm³/mol. The van der Waals surface area contributed by atoms with Crippen molar-refractivity contribution in [2.24, 2.45) is 0 Å². The van der Waals surface area contributed by atoms with Gasteiger partial charge in [0.1, 0.15) is 0 Å². The molecule has 0 aliphatic heterocycles. The van der Waals surface area contributed by atoms with Crippen molar-refractivity contribution in [2.45, 2.75) is 25.7 Å². The summed E-state index contributed by atoms with van der Waals surface area (Å²) in [6.45, 7) is 0. The molecule has 0 bridgehead atoms. The van der Waals surface area contributed by atoms with Crippen LogP contribution in [0.25, 0.3) is 0 Å². The third-order valence-electron chi connectivity index (χ3n) is 4.53. The molecule has 0 saturated heterocycles. The van der Waals surface area contributed by atoms with Crippen molar-refractivity contribution in [1.82, 2.24) is 0 Å². The number of carbonyl (C=O) groups excluding carboxylic acids is 1. The van der Waals surface area contributed by atoms with Gasteiger partial charge in [-0.25, -0.2) is 0 Å². The Morgan fingerprint density at radius 3 is 2.12 bits per heavy atom. The van der Waals surface area contributed by atoms with Gasteiger partial charge in [-0.2, -0.15) is 0 Å². The van der Waals surface area contributed by atoms with Crippen molar-refractivity contribution in [3.63, 3.8) is 0 Å². The van der Waals surface area contributed by atoms with E-state index in [2.05, 4.69) is 11.4 Å². The van der Waals surface area contributed by atoms with Gasteiger partial charge < -0.3 is 19.5 Å². The monoisotopic (exact) mass is 341 g/mol. The topological polar surface area (TPSA) is 56.8 Å². The molecule has 5 nitrogen and oxygen atoms in total. The molecule has 0 aromatic heterocycles. The number of rotatable bonds is 5. The summed E-state index contributed by atoms with van der Waals surface area (Å²) in [4.78, 5) is 12.6. The van der Waals surface area contributed by atoms with Crippen LogP contribution in [0.1, 0.15) is 34.3 Å². The first kappa shape index (κ1) is 17.1. The van der Waals surface area contributed by atoms with E-state index in [1.165, 1.54) is 24.0 Å². The lowest BCUT2D eigenvalue weighted by atomic mass is 9.90. The molecule has 1 aliphatic carbocycles. The van der Waals surface area contributed by atoms with Crippen LogP contribution in [0.4, 0.5) is 5.69 Å². The minimum atomic E-state index is -0.150. The predicted octanol–water partition coefficient (Wildman–Crippen LogP) is 3.84. The average Bonchev–Trinajstić information content (AvgIpc) is 2.66. The molecule has 2 aromatic carbocycles. The van der Waals surface area contributed by atoms with E-state index >= 15 is 0 Å². The lowest BCUT2D eigenvalue weighted by molar-refractivity contribution is 0.102. The lowest BCUT2D eigenvalue weighted by Crippen LogP contribution is -2.14. The Morgan fingerprint density at radius 1 is 0.880 bits per heavy atom. The van der Waals surface area contributed by atoms with Crippen molar-refractivity contribution in [3.8, 4) is 17.2 Å². The Morgan fingerprint density at radius 2 is 1.52 bits per heavy atom. The molecule has 0 heterocycles.